The van der Waals surface area contributed by atoms with Crippen molar-refractivity contribution in [3.63, 3.8) is 0 Å². The largest absolute Gasteiger partial charge is 0.497 e. The Morgan fingerprint density at radius 3 is 2.70 bits per heavy atom. The predicted octanol–water partition coefficient (Wildman–Crippen LogP) is 6.53. The van der Waals surface area contributed by atoms with Crippen LogP contribution in [0, 0.1) is 0 Å². The van der Waals surface area contributed by atoms with Crippen LogP contribution in [0.4, 0.5) is 19.0 Å². The highest BCUT2D eigenvalue weighted by Crippen LogP contribution is 2.37. The van der Waals surface area contributed by atoms with Crippen molar-refractivity contribution in [3.05, 3.63) is 93.9 Å². The van der Waals surface area contributed by atoms with Gasteiger partial charge in [0.15, 0.2) is 5.82 Å². The molecule has 3 heterocycles. The Balaban J connectivity index is 1.31. The van der Waals surface area contributed by atoms with Gasteiger partial charge in [0.05, 0.1) is 73.2 Å². The molecule has 1 aliphatic rings. The second-order valence-corrected chi connectivity index (χ2v) is 10.7. The molecule has 44 heavy (non-hydrogen) atoms. The summed E-state index contributed by atoms with van der Waals surface area (Å²) < 4.78 is 58.0. The molecule has 1 amide bonds. The number of halogens is 4. The molecule has 6 rings (SSSR count). The summed E-state index contributed by atoms with van der Waals surface area (Å²) >= 11 is 6.65. The zero-order chi connectivity index (χ0) is 31.2. The summed E-state index contributed by atoms with van der Waals surface area (Å²) in [6.07, 6.45) is -1.20. The van der Waals surface area contributed by atoms with Crippen LogP contribution in [0.2, 0.25) is 5.02 Å². The quantitative estimate of drug-likeness (QED) is 0.220. The molecule has 13 heteroatoms. The van der Waals surface area contributed by atoms with Crippen LogP contribution in [-0.4, -0.2) is 53.0 Å². The normalized spacial score (nSPS) is 14.8. The van der Waals surface area contributed by atoms with Gasteiger partial charge in [-0.2, -0.15) is 13.2 Å². The molecule has 1 atom stereocenters. The van der Waals surface area contributed by atoms with Crippen molar-refractivity contribution in [2.24, 2.45) is 0 Å². The van der Waals surface area contributed by atoms with Crippen LogP contribution < -0.4 is 14.8 Å². The standard InChI is InChI=1S/C31H27ClF3N5O4/c1-39(27-15-44-14-18-8-19(31(33,34)35)5-7-21(18)27)30(41)22-10-25-24(11-23(22)32)38-29(26-13-36-16-40(25)26)37-12-17-4-6-20(42-2)9-28(17)43-3/h4-11,13,16,27H,12,14-15H2,1-3H3,(H,37,38)/t27-/m1/s1. The van der Waals surface area contributed by atoms with Gasteiger partial charge in [-0.25, -0.2) is 9.97 Å². The number of methoxy groups -OCH3 is 2. The number of ether oxygens (including phenoxy) is 3. The number of fused-ring (bicyclic) bond motifs is 4. The summed E-state index contributed by atoms with van der Waals surface area (Å²) in [6.45, 7) is 0.560. The molecule has 0 radical (unpaired) electrons. The number of nitrogens with one attached hydrogen (secondary N) is 1. The highest BCUT2D eigenvalue weighted by molar-refractivity contribution is 6.34. The summed E-state index contributed by atoms with van der Waals surface area (Å²) in [7, 11) is 4.75. The number of alkyl halides is 3. The summed E-state index contributed by atoms with van der Waals surface area (Å²) in [5, 5.41) is 3.51. The Morgan fingerprint density at radius 1 is 1.14 bits per heavy atom. The zero-order valence-corrected chi connectivity index (χ0v) is 24.7. The van der Waals surface area contributed by atoms with Crippen LogP contribution in [0.25, 0.3) is 16.6 Å². The van der Waals surface area contributed by atoms with Gasteiger partial charge in [0.1, 0.15) is 17.0 Å². The molecule has 0 bridgehead atoms. The minimum Gasteiger partial charge on any atom is -0.497 e. The third kappa shape index (κ3) is 5.35. The topological polar surface area (TPSA) is 90.2 Å². The van der Waals surface area contributed by atoms with Gasteiger partial charge in [-0.05, 0) is 47.5 Å². The number of imidazole rings is 1. The molecule has 0 spiro atoms. The average Bonchev–Trinajstić information content (AvgIpc) is 3.52. The lowest BCUT2D eigenvalue weighted by Crippen LogP contribution is -2.36. The maximum Gasteiger partial charge on any atom is 0.416 e. The maximum absolute atomic E-state index is 13.8. The number of carbonyl (C=O) groups is 1. The van der Waals surface area contributed by atoms with Crippen molar-refractivity contribution in [1.82, 2.24) is 19.3 Å². The smallest absolute Gasteiger partial charge is 0.416 e. The number of hydrogen-bond donors (Lipinski definition) is 1. The molecule has 0 saturated carbocycles. The third-order valence-corrected chi connectivity index (χ3v) is 8.07. The van der Waals surface area contributed by atoms with E-state index >= 15 is 0 Å². The fraction of sp³-hybridized carbons (Fsp3) is 0.258. The number of amides is 1. The SMILES string of the molecule is COc1ccc(CNc2nc3cc(Cl)c(C(=O)N(C)[C@@H]4COCc5cc(C(F)(F)F)ccc54)cc3n3cncc23)c(OC)c1. The number of rotatable bonds is 7. The lowest BCUT2D eigenvalue weighted by molar-refractivity contribution is -0.137. The van der Waals surface area contributed by atoms with E-state index in [0.29, 0.717) is 51.5 Å². The van der Waals surface area contributed by atoms with Crippen molar-refractivity contribution >= 4 is 39.9 Å². The minimum atomic E-state index is -4.48. The first-order valence-corrected chi connectivity index (χ1v) is 13.9. The number of carbonyl (C=O) groups excluding carboxylic acids is 1. The van der Waals surface area contributed by atoms with Crippen molar-refractivity contribution in [1.29, 1.82) is 0 Å². The van der Waals surface area contributed by atoms with Crippen LogP contribution in [0.15, 0.2) is 61.1 Å². The summed E-state index contributed by atoms with van der Waals surface area (Å²) in [5.41, 5.74) is 3.11. The molecule has 3 aromatic carbocycles. The van der Waals surface area contributed by atoms with E-state index in [4.69, 9.17) is 30.8 Å². The van der Waals surface area contributed by atoms with Gasteiger partial charge < -0.3 is 24.4 Å². The highest BCUT2D eigenvalue weighted by atomic mass is 35.5. The van der Waals surface area contributed by atoms with Gasteiger partial charge in [0, 0.05) is 25.2 Å². The second kappa shape index (κ2) is 11.5. The fourth-order valence-electron chi connectivity index (χ4n) is 5.40. The Hall–Kier alpha value is -4.55. The molecule has 2 aromatic heterocycles. The third-order valence-electron chi connectivity index (χ3n) is 7.76. The van der Waals surface area contributed by atoms with E-state index in [-0.39, 0.29) is 23.8 Å². The van der Waals surface area contributed by atoms with Crippen LogP contribution in [0.5, 0.6) is 11.5 Å². The van der Waals surface area contributed by atoms with Crippen molar-refractivity contribution < 1.29 is 32.2 Å². The van der Waals surface area contributed by atoms with Crippen molar-refractivity contribution in [2.75, 3.05) is 33.2 Å². The number of anilines is 1. The van der Waals surface area contributed by atoms with Crippen LogP contribution in [-0.2, 0) is 24.1 Å². The van der Waals surface area contributed by atoms with E-state index in [9.17, 15) is 18.0 Å². The molecule has 5 aromatic rings. The Labute approximate surface area is 255 Å². The van der Waals surface area contributed by atoms with Gasteiger partial charge in [-0.1, -0.05) is 17.7 Å². The summed E-state index contributed by atoms with van der Waals surface area (Å²) in [5.74, 6) is 1.47. The molecule has 1 aliphatic heterocycles. The highest BCUT2D eigenvalue weighted by Gasteiger charge is 2.34. The molecule has 0 saturated heterocycles. The lowest BCUT2D eigenvalue weighted by Gasteiger charge is -2.33. The monoisotopic (exact) mass is 625 g/mol. The van der Waals surface area contributed by atoms with Crippen LogP contribution >= 0.6 is 11.6 Å². The van der Waals surface area contributed by atoms with Crippen LogP contribution in [0.3, 0.4) is 0 Å². The van der Waals surface area contributed by atoms with E-state index < -0.39 is 23.7 Å². The molecule has 9 nitrogen and oxygen atoms in total. The molecular weight excluding hydrogens is 599 g/mol. The Bertz CT molecular complexity index is 1890. The van der Waals surface area contributed by atoms with Crippen LogP contribution in [0.1, 0.15) is 38.7 Å². The first-order valence-electron chi connectivity index (χ1n) is 13.5. The molecule has 0 unspecified atom stereocenters. The number of aromatic nitrogens is 3. The predicted molar refractivity (Wildman–Crippen MR) is 158 cm³/mol. The molecule has 1 N–H and O–H groups in total. The van der Waals surface area contributed by atoms with E-state index in [1.54, 1.807) is 56.4 Å². The Kier molecular flexibility index (Phi) is 7.72. The second-order valence-electron chi connectivity index (χ2n) is 10.3. The number of nitrogens with zero attached hydrogens (tertiary/aromatic N) is 4. The maximum atomic E-state index is 13.8. The lowest BCUT2D eigenvalue weighted by atomic mass is 9.95. The first-order chi connectivity index (χ1) is 21.1. The average molecular weight is 626 g/mol. The van der Waals surface area contributed by atoms with E-state index in [1.165, 1.54) is 11.0 Å². The van der Waals surface area contributed by atoms with E-state index in [2.05, 4.69) is 10.3 Å². The van der Waals surface area contributed by atoms with Crippen molar-refractivity contribution in [3.8, 4) is 11.5 Å². The van der Waals surface area contributed by atoms with Gasteiger partial charge >= 0.3 is 6.18 Å². The van der Waals surface area contributed by atoms with E-state index in [1.807, 2.05) is 12.1 Å². The number of hydrogen-bond acceptors (Lipinski definition) is 7. The number of benzene rings is 3. The molecule has 0 fully saturated rings. The minimum absolute atomic E-state index is 0.0282. The number of likely N-dealkylation sites (N-methyl/N-ethyl adjacent to an activating group) is 1. The Morgan fingerprint density at radius 2 is 1.95 bits per heavy atom. The molecule has 0 aliphatic carbocycles. The first kappa shape index (κ1) is 29.5. The fourth-order valence-corrected chi connectivity index (χ4v) is 5.64. The van der Waals surface area contributed by atoms with Gasteiger partial charge in [-0.3, -0.25) is 9.20 Å². The van der Waals surface area contributed by atoms with Gasteiger partial charge in [0.2, 0.25) is 0 Å². The van der Waals surface area contributed by atoms with Gasteiger partial charge in [-0.15, -0.1) is 0 Å². The molecular formula is C31H27ClF3N5O4. The van der Waals surface area contributed by atoms with E-state index in [0.717, 1.165) is 17.7 Å². The molecule has 228 valence electrons. The van der Waals surface area contributed by atoms with Gasteiger partial charge in [0.25, 0.3) is 5.91 Å². The summed E-state index contributed by atoms with van der Waals surface area (Å²) in [6, 6.07) is 11.7. The van der Waals surface area contributed by atoms with Crippen molar-refractivity contribution in [2.45, 2.75) is 25.4 Å². The summed E-state index contributed by atoms with van der Waals surface area (Å²) in [4.78, 5) is 24.3. The zero-order valence-electron chi connectivity index (χ0n) is 23.9.